The Labute approximate surface area is 97.2 Å². The minimum atomic E-state index is -2.68. The van der Waals surface area contributed by atoms with Crippen molar-refractivity contribution >= 4 is 17.4 Å². The van der Waals surface area contributed by atoms with Gasteiger partial charge in [0.2, 0.25) is 0 Å². The van der Waals surface area contributed by atoms with E-state index in [9.17, 15) is 13.6 Å². The van der Waals surface area contributed by atoms with Gasteiger partial charge in [-0.3, -0.25) is 4.79 Å². The van der Waals surface area contributed by atoms with Gasteiger partial charge in [0.25, 0.3) is 6.43 Å². The molecule has 5 heteroatoms. The molecule has 1 rings (SSSR count). The molecular formula is C11H11ClF2O2. The average Bonchev–Trinajstić information content (AvgIpc) is 2.20. The molecule has 0 fully saturated rings. The fourth-order valence-corrected chi connectivity index (χ4v) is 1.67. The molecule has 16 heavy (non-hydrogen) atoms. The van der Waals surface area contributed by atoms with Crippen LogP contribution in [0, 0.1) is 0 Å². The van der Waals surface area contributed by atoms with E-state index in [1.807, 2.05) is 0 Å². The molecule has 0 saturated carbocycles. The van der Waals surface area contributed by atoms with Crippen molar-refractivity contribution in [2.75, 3.05) is 6.61 Å². The average molecular weight is 249 g/mol. The van der Waals surface area contributed by atoms with Gasteiger partial charge < -0.3 is 4.74 Å². The normalized spacial score (nSPS) is 10.6. The monoisotopic (exact) mass is 248 g/mol. The van der Waals surface area contributed by atoms with Gasteiger partial charge in [0.15, 0.2) is 5.78 Å². The van der Waals surface area contributed by atoms with Gasteiger partial charge >= 0.3 is 0 Å². The Kier molecular flexibility index (Phi) is 4.24. The zero-order valence-electron chi connectivity index (χ0n) is 8.89. The number of carbonyl (C=O) groups is 1. The van der Waals surface area contributed by atoms with Crippen LogP contribution in [0.4, 0.5) is 8.78 Å². The summed E-state index contributed by atoms with van der Waals surface area (Å²) in [5.74, 6) is -0.390. The Hall–Kier alpha value is -1.16. The third kappa shape index (κ3) is 2.50. The van der Waals surface area contributed by atoms with Crippen molar-refractivity contribution in [1.82, 2.24) is 0 Å². The van der Waals surface area contributed by atoms with Crippen LogP contribution in [-0.4, -0.2) is 12.4 Å². The summed E-state index contributed by atoms with van der Waals surface area (Å²) < 4.78 is 30.3. The number of hydrogen-bond donors (Lipinski definition) is 0. The second-order valence-electron chi connectivity index (χ2n) is 3.14. The lowest BCUT2D eigenvalue weighted by Gasteiger charge is -2.13. The van der Waals surface area contributed by atoms with Crippen molar-refractivity contribution in [1.29, 1.82) is 0 Å². The molecule has 1 aromatic carbocycles. The van der Waals surface area contributed by atoms with Crippen molar-refractivity contribution in [3.8, 4) is 5.75 Å². The molecule has 0 bridgehead atoms. The van der Waals surface area contributed by atoms with E-state index < -0.39 is 6.43 Å². The molecule has 0 aromatic heterocycles. The summed E-state index contributed by atoms with van der Waals surface area (Å²) >= 11 is 5.85. The summed E-state index contributed by atoms with van der Waals surface area (Å²) in [5, 5.41) is -0.0489. The molecule has 1 aromatic rings. The second-order valence-corrected chi connectivity index (χ2v) is 3.51. The van der Waals surface area contributed by atoms with Gasteiger partial charge in [-0.15, -0.1) is 0 Å². The summed E-state index contributed by atoms with van der Waals surface area (Å²) in [7, 11) is 0. The maximum Gasteiger partial charge on any atom is 0.267 e. The van der Waals surface area contributed by atoms with Gasteiger partial charge in [-0.2, -0.15) is 0 Å². The number of benzene rings is 1. The summed E-state index contributed by atoms with van der Waals surface area (Å²) in [6, 6.07) is 2.45. The second kappa shape index (κ2) is 5.25. The van der Waals surface area contributed by atoms with Crippen molar-refractivity contribution in [2.45, 2.75) is 20.3 Å². The first-order valence-corrected chi connectivity index (χ1v) is 5.11. The van der Waals surface area contributed by atoms with E-state index in [-0.39, 0.29) is 34.3 Å². The van der Waals surface area contributed by atoms with Gasteiger partial charge in [-0.05, 0) is 26.0 Å². The van der Waals surface area contributed by atoms with Crippen LogP contribution >= 0.6 is 11.6 Å². The smallest absolute Gasteiger partial charge is 0.267 e. The van der Waals surface area contributed by atoms with E-state index in [1.54, 1.807) is 6.92 Å². The van der Waals surface area contributed by atoms with Crippen LogP contribution in [-0.2, 0) is 0 Å². The molecule has 0 radical (unpaired) electrons. The van der Waals surface area contributed by atoms with E-state index in [0.29, 0.717) is 0 Å². The maximum absolute atomic E-state index is 12.6. The van der Waals surface area contributed by atoms with Crippen LogP contribution in [0.1, 0.15) is 36.2 Å². The number of halogens is 3. The van der Waals surface area contributed by atoms with Crippen molar-refractivity contribution in [3.05, 3.63) is 28.3 Å². The van der Waals surface area contributed by atoms with Crippen LogP contribution in [0.15, 0.2) is 12.1 Å². The van der Waals surface area contributed by atoms with Gasteiger partial charge in [0.1, 0.15) is 5.75 Å². The first-order chi connectivity index (χ1) is 7.49. The van der Waals surface area contributed by atoms with E-state index in [0.717, 1.165) is 6.07 Å². The first-order valence-electron chi connectivity index (χ1n) is 4.73. The fourth-order valence-electron chi connectivity index (χ4n) is 1.31. The molecule has 2 nitrogen and oxygen atoms in total. The molecule has 0 aliphatic rings. The quantitative estimate of drug-likeness (QED) is 0.756. The molecule has 0 heterocycles. The predicted octanol–water partition coefficient (Wildman–Crippen LogP) is 3.88. The van der Waals surface area contributed by atoms with Crippen LogP contribution in [0.3, 0.4) is 0 Å². The molecular weight excluding hydrogens is 238 g/mol. The molecule has 0 saturated heterocycles. The largest absolute Gasteiger partial charge is 0.492 e. The number of carbonyl (C=O) groups excluding carboxylic acids is 1. The third-order valence-corrected chi connectivity index (χ3v) is 2.41. The van der Waals surface area contributed by atoms with Crippen molar-refractivity contribution in [3.63, 3.8) is 0 Å². The lowest BCUT2D eigenvalue weighted by Crippen LogP contribution is -2.02. The predicted molar refractivity (Wildman–Crippen MR) is 57.6 cm³/mol. The van der Waals surface area contributed by atoms with Gasteiger partial charge in [-0.25, -0.2) is 8.78 Å². The zero-order valence-corrected chi connectivity index (χ0v) is 9.65. The van der Waals surface area contributed by atoms with E-state index in [4.69, 9.17) is 16.3 Å². The number of alkyl halides is 2. The minimum Gasteiger partial charge on any atom is -0.492 e. The van der Waals surface area contributed by atoms with E-state index in [1.165, 1.54) is 13.0 Å². The Morgan fingerprint density at radius 2 is 2.12 bits per heavy atom. The van der Waals surface area contributed by atoms with Gasteiger partial charge in [0.05, 0.1) is 17.2 Å². The SMILES string of the molecule is CCOc1c(C(F)F)ccc(C(C)=O)c1Cl. The van der Waals surface area contributed by atoms with Crippen molar-refractivity contribution < 1.29 is 18.3 Å². The number of Topliss-reactive ketones (excluding diaryl/α,β-unsaturated/α-hetero) is 1. The Balaban J connectivity index is 3.35. The van der Waals surface area contributed by atoms with Crippen molar-refractivity contribution in [2.24, 2.45) is 0 Å². The lowest BCUT2D eigenvalue weighted by atomic mass is 10.1. The van der Waals surface area contributed by atoms with Crippen LogP contribution in [0.2, 0.25) is 5.02 Å². The summed E-state index contributed by atoms with van der Waals surface area (Å²) in [6.45, 7) is 3.19. The summed E-state index contributed by atoms with van der Waals surface area (Å²) in [5.41, 5.74) is -0.105. The number of ketones is 1. The highest BCUT2D eigenvalue weighted by Crippen LogP contribution is 2.37. The Bertz CT molecular complexity index is 405. The molecule has 0 N–H and O–H groups in total. The molecule has 88 valence electrons. The highest BCUT2D eigenvalue weighted by Gasteiger charge is 2.20. The maximum atomic E-state index is 12.6. The number of ether oxygens (including phenoxy) is 1. The molecule has 0 unspecified atom stereocenters. The molecule has 0 spiro atoms. The van der Waals surface area contributed by atoms with Gasteiger partial charge in [0, 0.05) is 5.56 Å². The first kappa shape index (κ1) is 12.9. The molecule has 0 aliphatic heterocycles. The fraction of sp³-hybridized carbons (Fsp3) is 0.364. The van der Waals surface area contributed by atoms with Gasteiger partial charge in [-0.1, -0.05) is 11.6 Å². The van der Waals surface area contributed by atoms with Crippen LogP contribution < -0.4 is 4.74 Å². The standard InChI is InChI=1S/C11H11ClF2O2/c1-3-16-10-8(11(13)14)5-4-7(6(2)15)9(10)12/h4-5,11H,3H2,1-2H3. The highest BCUT2D eigenvalue weighted by atomic mass is 35.5. The third-order valence-electron chi connectivity index (χ3n) is 2.03. The highest BCUT2D eigenvalue weighted by molar-refractivity contribution is 6.35. The minimum absolute atomic E-state index is 0.0489. The van der Waals surface area contributed by atoms with Crippen LogP contribution in [0.25, 0.3) is 0 Å². The summed E-state index contributed by atoms with van der Waals surface area (Å²) in [4.78, 5) is 11.2. The van der Waals surface area contributed by atoms with E-state index in [2.05, 4.69) is 0 Å². The topological polar surface area (TPSA) is 26.3 Å². The lowest BCUT2D eigenvalue weighted by molar-refractivity contribution is 0.101. The summed E-state index contributed by atoms with van der Waals surface area (Å²) in [6.07, 6.45) is -2.68. The Morgan fingerprint density at radius 3 is 2.56 bits per heavy atom. The molecule has 0 atom stereocenters. The number of rotatable bonds is 4. The number of hydrogen-bond acceptors (Lipinski definition) is 2. The molecule has 0 amide bonds. The molecule has 0 aliphatic carbocycles. The van der Waals surface area contributed by atoms with E-state index >= 15 is 0 Å². The van der Waals surface area contributed by atoms with Crippen LogP contribution in [0.5, 0.6) is 5.75 Å². The Morgan fingerprint density at radius 1 is 1.50 bits per heavy atom. The zero-order chi connectivity index (χ0) is 12.3.